The van der Waals surface area contributed by atoms with Crippen LogP contribution in [0.4, 0.5) is 0 Å². The van der Waals surface area contributed by atoms with Gasteiger partial charge in [0, 0.05) is 22.8 Å². The van der Waals surface area contributed by atoms with Crippen LogP contribution in [0.2, 0.25) is 0 Å². The van der Waals surface area contributed by atoms with Crippen molar-refractivity contribution < 1.29 is 23.1 Å². The van der Waals surface area contributed by atoms with E-state index in [4.69, 9.17) is 4.79 Å². The number of hydrogen-bond acceptors (Lipinski definition) is 7. The molecule has 0 saturated heterocycles. The second-order valence-corrected chi connectivity index (χ2v) is 10.1. The number of ether oxygens (including phenoxy) is 1. The van der Waals surface area contributed by atoms with Gasteiger partial charge in [-0.3, -0.25) is 9.78 Å². The van der Waals surface area contributed by atoms with Gasteiger partial charge in [-0.25, -0.2) is 12.4 Å². The number of benzene rings is 2. The fraction of sp³-hybridized carbons (Fsp3) is 0.222. The Morgan fingerprint density at radius 2 is 1.72 bits per heavy atom. The van der Waals surface area contributed by atoms with Crippen LogP contribution in [-0.2, 0) is 19.6 Å². The van der Waals surface area contributed by atoms with Gasteiger partial charge in [0.15, 0.2) is 0 Å². The fourth-order valence-corrected chi connectivity index (χ4v) is 5.65. The Bertz CT molecular complexity index is 1570. The van der Waals surface area contributed by atoms with E-state index in [1.807, 2.05) is 20.8 Å². The number of aryl methyl sites for hydroxylation is 3. The molecule has 4 rings (SSSR count). The minimum atomic E-state index is -4.06. The van der Waals surface area contributed by atoms with Gasteiger partial charge >= 0.3 is 0 Å². The van der Waals surface area contributed by atoms with Crippen LogP contribution in [0.3, 0.4) is 0 Å². The van der Waals surface area contributed by atoms with Crippen molar-refractivity contribution in [3.8, 4) is 6.07 Å². The van der Waals surface area contributed by atoms with Crippen molar-refractivity contribution >= 4 is 27.4 Å². The number of nitrogens with zero attached hydrogens (tertiary/aromatic N) is 3. The molecule has 0 radical (unpaired) electrons. The SMILES string of the molecule is COC=O.Cc1cnc(C)c(C(O)c2cc3c(C)cc(C#N)cc3n2S(=O)(=O)c2ccccc2)c1C. The summed E-state index contributed by atoms with van der Waals surface area (Å²) in [5.74, 6) is 0. The molecule has 2 heterocycles. The Morgan fingerprint density at radius 3 is 2.31 bits per heavy atom. The molecule has 0 fully saturated rings. The van der Waals surface area contributed by atoms with E-state index in [1.54, 1.807) is 49.5 Å². The van der Waals surface area contributed by atoms with Crippen molar-refractivity contribution in [1.29, 1.82) is 5.26 Å². The second-order valence-electron chi connectivity index (χ2n) is 8.29. The third-order valence-electron chi connectivity index (χ3n) is 6.01. The Labute approximate surface area is 210 Å². The van der Waals surface area contributed by atoms with Gasteiger partial charge in [0.05, 0.1) is 34.8 Å². The van der Waals surface area contributed by atoms with Gasteiger partial charge in [0.25, 0.3) is 16.5 Å². The molecular formula is C27H27N3O5S. The van der Waals surface area contributed by atoms with Gasteiger partial charge in [0.2, 0.25) is 0 Å². The molecule has 0 aliphatic heterocycles. The summed E-state index contributed by atoms with van der Waals surface area (Å²) in [6.07, 6.45) is 0.513. The monoisotopic (exact) mass is 505 g/mol. The minimum Gasteiger partial charge on any atom is -0.471 e. The molecule has 0 aliphatic carbocycles. The smallest absolute Gasteiger partial charge is 0.292 e. The highest BCUT2D eigenvalue weighted by Crippen LogP contribution is 2.36. The summed E-state index contributed by atoms with van der Waals surface area (Å²) in [6.45, 7) is 7.78. The quantitative estimate of drug-likeness (QED) is 0.402. The number of aliphatic hydroxyl groups excluding tert-OH is 1. The molecule has 2 aromatic heterocycles. The molecule has 9 heteroatoms. The van der Waals surface area contributed by atoms with Crippen LogP contribution in [-0.4, -0.2) is 36.1 Å². The lowest BCUT2D eigenvalue weighted by Gasteiger charge is -2.20. The Morgan fingerprint density at radius 1 is 1.08 bits per heavy atom. The number of carbonyl (C=O) groups excluding carboxylic acids is 1. The Hall–Kier alpha value is -4.00. The van der Waals surface area contributed by atoms with E-state index in [2.05, 4.69) is 15.8 Å². The highest BCUT2D eigenvalue weighted by Gasteiger charge is 2.29. The highest BCUT2D eigenvalue weighted by molar-refractivity contribution is 7.90. The normalized spacial score (nSPS) is 11.8. The standard InChI is InChI=1S/C25H23N3O3S.C2H4O2/c1-15-10-19(13-26)11-22-21(15)12-23(25(29)24-17(3)16(2)14-27-18(24)4)28(22)32(30,31)20-8-6-5-7-9-20;1-4-2-3/h5-12,14,25,29H,1-4H3;2H,1H3. The first-order valence-corrected chi connectivity index (χ1v) is 12.5. The van der Waals surface area contributed by atoms with Gasteiger partial charge in [-0.15, -0.1) is 0 Å². The predicted octanol–water partition coefficient (Wildman–Crippen LogP) is 4.25. The largest absolute Gasteiger partial charge is 0.471 e. The maximum atomic E-state index is 13.8. The number of nitriles is 1. The number of hydrogen-bond donors (Lipinski definition) is 1. The maximum Gasteiger partial charge on any atom is 0.292 e. The third-order valence-corrected chi connectivity index (χ3v) is 7.76. The lowest BCUT2D eigenvalue weighted by atomic mass is 9.97. The highest BCUT2D eigenvalue weighted by atomic mass is 32.2. The van der Waals surface area contributed by atoms with Gasteiger partial charge in [-0.2, -0.15) is 5.26 Å². The molecule has 1 unspecified atom stereocenters. The number of aromatic nitrogens is 2. The van der Waals surface area contributed by atoms with Crippen LogP contribution in [0, 0.1) is 39.0 Å². The van der Waals surface area contributed by atoms with Crippen LogP contribution in [0.15, 0.2) is 59.6 Å². The van der Waals surface area contributed by atoms with Gasteiger partial charge < -0.3 is 9.84 Å². The molecule has 0 aliphatic rings. The molecule has 36 heavy (non-hydrogen) atoms. The van der Waals surface area contributed by atoms with E-state index in [0.717, 1.165) is 20.7 Å². The zero-order valence-electron chi connectivity index (χ0n) is 20.7. The third kappa shape index (κ3) is 4.87. The molecule has 0 saturated carbocycles. The van der Waals surface area contributed by atoms with E-state index in [9.17, 15) is 18.8 Å². The molecule has 4 aromatic rings. The first-order chi connectivity index (χ1) is 17.1. The van der Waals surface area contributed by atoms with Gasteiger partial charge in [0.1, 0.15) is 6.10 Å². The first kappa shape index (κ1) is 26.6. The molecular weight excluding hydrogens is 478 g/mol. The molecule has 0 spiro atoms. The van der Waals surface area contributed by atoms with E-state index in [0.29, 0.717) is 34.2 Å². The van der Waals surface area contributed by atoms with E-state index < -0.39 is 16.1 Å². The lowest BCUT2D eigenvalue weighted by Crippen LogP contribution is -2.19. The van der Waals surface area contributed by atoms with Crippen molar-refractivity contribution in [1.82, 2.24) is 8.96 Å². The van der Waals surface area contributed by atoms with Crippen molar-refractivity contribution in [2.24, 2.45) is 0 Å². The zero-order chi connectivity index (χ0) is 26.6. The Kier molecular flexibility index (Phi) is 7.93. The number of aliphatic hydroxyl groups is 1. The number of rotatable bonds is 5. The van der Waals surface area contributed by atoms with Crippen LogP contribution in [0.5, 0.6) is 0 Å². The molecule has 0 bridgehead atoms. The molecule has 2 aromatic carbocycles. The van der Waals surface area contributed by atoms with Crippen molar-refractivity contribution in [3.63, 3.8) is 0 Å². The van der Waals surface area contributed by atoms with Crippen LogP contribution in [0.25, 0.3) is 10.9 Å². The summed E-state index contributed by atoms with van der Waals surface area (Å²) in [5.41, 5.74) is 4.64. The average molecular weight is 506 g/mol. The average Bonchev–Trinajstić information content (AvgIpc) is 3.28. The summed E-state index contributed by atoms with van der Waals surface area (Å²) in [5, 5.41) is 21.6. The summed E-state index contributed by atoms with van der Waals surface area (Å²) in [7, 11) is -2.74. The molecule has 1 atom stereocenters. The zero-order valence-corrected chi connectivity index (χ0v) is 21.5. The van der Waals surface area contributed by atoms with Crippen molar-refractivity contribution in [2.45, 2.75) is 38.7 Å². The lowest BCUT2D eigenvalue weighted by molar-refractivity contribution is -0.126. The van der Waals surface area contributed by atoms with E-state index >= 15 is 0 Å². The fourth-order valence-electron chi connectivity index (χ4n) is 4.10. The first-order valence-electron chi connectivity index (χ1n) is 11.0. The van der Waals surface area contributed by atoms with E-state index in [1.165, 1.54) is 19.2 Å². The number of fused-ring (bicyclic) bond motifs is 1. The van der Waals surface area contributed by atoms with Crippen LogP contribution < -0.4 is 0 Å². The van der Waals surface area contributed by atoms with Gasteiger partial charge in [-0.1, -0.05) is 18.2 Å². The summed E-state index contributed by atoms with van der Waals surface area (Å²) in [6, 6.07) is 15.1. The summed E-state index contributed by atoms with van der Waals surface area (Å²) < 4.78 is 32.6. The number of pyridine rings is 1. The summed E-state index contributed by atoms with van der Waals surface area (Å²) >= 11 is 0. The predicted molar refractivity (Wildman–Crippen MR) is 136 cm³/mol. The maximum absolute atomic E-state index is 13.8. The molecule has 8 nitrogen and oxygen atoms in total. The number of methoxy groups -OCH3 is 1. The Balaban J connectivity index is 0.000000840. The minimum absolute atomic E-state index is 0.0989. The molecule has 0 amide bonds. The van der Waals surface area contributed by atoms with E-state index in [-0.39, 0.29) is 10.6 Å². The van der Waals surface area contributed by atoms with Crippen LogP contribution >= 0.6 is 0 Å². The van der Waals surface area contributed by atoms with Crippen molar-refractivity contribution in [3.05, 3.63) is 93.9 Å². The second kappa shape index (κ2) is 10.7. The van der Waals surface area contributed by atoms with Crippen LogP contribution in [0.1, 0.15) is 45.3 Å². The number of carbonyl (C=O) groups is 1. The molecule has 1 N–H and O–H groups in total. The summed E-state index contributed by atoms with van der Waals surface area (Å²) in [4.78, 5) is 13.4. The molecule has 186 valence electrons. The van der Waals surface area contributed by atoms with Crippen molar-refractivity contribution in [2.75, 3.05) is 7.11 Å². The topological polar surface area (TPSA) is 122 Å². The van der Waals surface area contributed by atoms with Gasteiger partial charge in [-0.05, 0) is 74.7 Å².